The molecule has 0 unspecified atom stereocenters. The third kappa shape index (κ3) is 4.05. The van der Waals surface area contributed by atoms with Crippen molar-refractivity contribution in [1.29, 1.82) is 0 Å². The first-order chi connectivity index (χ1) is 12.9. The molecular weight excluding hydrogens is 366 g/mol. The van der Waals surface area contributed by atoms with Crippen LogP contribution in [0.15, 0.2) is 6.07 Å². The lowest BCUT2D eigenvalue weighted by Gasteiger charge is -2.19. The van der Waals surface area contributed by atoms with Crippen LogP contribution in [0.5, 0.6) is 0 Å². The summed E-state index contributed by atoms with van der Waals surface area (Å²) in [5, 5.41) is 0. The summed E-state index contributed by atoms with van der Waals surface area (Å²) in [6, 6.07) is 1.80. The van der Waals surface area contributed by atoms with Gasteiger partial charge >= 0.3 is 0 Å². The molecule has 3 rings (SSSR count). The monoisotopic (exact) mass is 391 g/mol. The second-order valence-corrected chi connectivity index (χ2v) is 8.28. The Bertz CT molecular complexity index is 749. The topological polar surface area (TPSA) is 95.6 Å². The molecule has 0 aromatic carbocycles. The van der Waals surface area contributed by atoms with Crippen molar-refractivity contribution < 1.29 is 19.2 Å². The maximum atomic E-state index is 12.4. The highest BCUT2D eigenvalue weighted by Gasteiger charge is 2.47. The number of hydrazine groups is 1. The van der Waals surface area contributed by atoms with E-state index in [9.17, 15) is 19.2 Å². The van der Waals surface area contributed by atoms with E-state index in [2.05, 4.69) is 10.9 Å². The molecule has 0 radical (unpaired) electrons. The molecule has 7 nitrogen and oxygen atoms in total. The Morgan fingerprint density at radius 1 is 1.15 bits per heavy atom. The summed E-state index contributed by atoms with van der Waals surface area (Å²) in [4.78, 5) is 51.8. The van der Waals surface area contributed by atoms with Gasteiger partial charge in [-0.1, -0.05) is 19.8 Å². The van der Waals surface area contributed by atoms with Gasteiger partial charge in [0.1, 0.15) is 0 Å². The number of hydrogen-bond acceptors (Lipinski definition) is 5. The second-order valence-electron chi connectivity index (χ2n) is 7.15. The van der Waals surface area contributed by atoms with E-state index in [0.717, 1.165) is 42.5 Å². The number of fused-ring (bicyclic) bond motifs is 1. The summed E-state index contributed by atoms with van der Waals surface area (Å²) in [6.45, 7) is 4.04. The van der Waals surface area contributed by atoms with Crippen LogP contribution in [0.2, 0.25) is 0 Å². The van der Waals surface area contributed by atoms with Crippen LogP contribution in [0.1, 0.15) is 59.1 Å². The van der Waals surface area contributed by atoms with Crippen molar-refractivity contribution >= 4 is 35.0 Å². The van der Waals surface area contributed by atoms with Crippen molar-refractivity contribution in [3.05, 3.63) is 21.4 Å². The number of amides is 4. The van der Waals surface area contributed by atoms with E-state index in [1.165, 1.54) is 16.2 Å². The SMILES string of the molecule is CCc1sc(C(=O)NNC(=O)CCN2C(=O)[C@@H]3CCCC[C@H]3C2=O)cc1C. The molecular formula is C19H25N3O4S. The Balaban J connectivity index is 1.47. The Morgan fingerprint density at radius 2 is 1.78 bits per heavy atom. The number of rotatable bonds is 5. The smallest absolute Gasteiger partial charge is 0.279 e. The van der Waals surface area contributed by atoms with Gasteiger partial charge in [0.15, 0.2) is 0 Å². The molecule has 2 aliphatic rings. The molecule has 2 fully saturated rings. The summed E-state index contributed by atoms with van der Waals surface area (Å²) in [5.74, 6) is -1.50. The van der Waals surface area contributed by atoms with Gasteiger partial charge in [-0.3, -0.25) is 34.9 Å². The van der Waals surface area contributed by atoms with Gasteiger partial charge in [-0.2, -0.15) is 0 Å². The zero-order chi connectivity index (χ0) is 19.6. The van der Waals surface area contributed by atoms with Crippen LogP contribution in [-0.2, 0) is 20.8 Å². The fourth-order valence-electron chi connectivity index (χ4n) is 3.90. The molecule has 1 aromatic rings. The number of nitrogens with zero attached hydrogens (tertiary/aromatic N) is 1. The minimum absolute atomic E-state index is 0.0269. The number of imide groups is 1. The van der Waals surface area contributed by atoms with Gasteiger partial charge in [0.2, 0.25) is 17.7 Å². The maximum absolute atomic E-state index is 12.4. The van der Waals surface area contributed by atoms with Gasteiger partial charge in [0, 0.05) is 17.8 Å². The number of carbonyl (C=O) groups excluding carboxylic acids is 4. The number of thiophene rings is 1. The zero-order valence-corrected chi connectivity index (χ0v) is 16.5. The largest absolute Gasteiger partial charge is 0.282 e. The lowest BCUT2D eigenvalue weighted by Crippen LogP contribution is -2.43. The van der Waals surface area contributed by atoms with Crippen molar-refractivity contribution in [3.8, 4) is 0 Å². The molecule has 1 aliphatic heterocycles. The molecule has 0 bridgehead atoms. The molecule has 27 heavy (non-hydrogen) atoms. The Hall–Kier alpha value is -2.22. The van der Waals surface area contributed by atoms with E-state index in [4.69, 9.17) is 0 Å². The second kappa shape index (κ2) is 8.21. The highest BCUT2D eigenvalue weighted by atomic mass is 32.1. The number of carbonyl (C=O) groups is 4. The lowest BCUT2D eigenvalue weighted by molar-refractivity contribution is -0.140. The van der Waals surface area contributed by atoms with E-state index < -0.39 is 5.91 Å². The minimum atomic E-state index is -0.428. The van der Waals surface area contributed by atoms with Crippen molar-refractivity contribution in [2.24, 2.45) is 11.8 Å². The van der Waals surface area contributed by atoms with Gasteiger partial charge in [-0.05, 0) is 37.8 Å². The zero-order valence-electron chi connectivity index (χ0n) is 15.7. The van der Waals surface area contributed by atoms with Gasteiger partial charge in [0.05, 0.1) is 16.7 Å². The first-order valence-electron chi connectivity index (χ1n) is 9.46. The van der Waals surface area contributed by atoms with E-state index in [1.807, 2.05) is 13.8 Å². The molecule has 8 heteroatoms. The molecule has 1 saturated carbocycles. The molecule has 1 aromatic heterocycles. The first kappa shape index (κ1) is 19.5. The molecule has 2 N–H and O–H groups in total. The van der Waals surface area contributed by atoms with Crippen LogP contribution in [-0.4, -0.2) is 35.1 Å². The predicted molar refractivity (Wildman–Crippen MR) is 101 cm³/mol. The molecule has 146 valence electrons. The highest BCUT2D eigenvalue weighted by Crippen LogP contribution is 2.37. The molecule has 0 spiro atoms. The summed E-state index contributed by atoms with van der Waals surface area (Å²) in [5.41, 5.74) is 5.82. The lowest BCUT2D eigenvalue weighted by atomic mass is 9.81. The van der Waals surface area contributed by atoms with E-state index in [0.29, 0.717) is 4.88 Å². The Labute approximate surface area is 162 Å². The average Bonchev–Trinajstić information content (AvgIpc) is 3.16. The van der Waals surface area contributed by atoms with Crippen molar-refractivity contribution in [2.75, 3.05) is 6.54 Å². The summed E-state index contributed by atoms with van der Waals surface area (Å²) >= 11 is 1.40. The van der Waals surface area contributed by atoms with Crippen LogP contribution in [0.25, 0.3) is 0 Å². The van der Waals surface area contributed by atoms with Crippen LogP contribution in [0, 0.1) is 18.8 Å². The van der Waals surface area contributed by atoms with Crippen LogP contribution in [0.3, 0.4) is 0 Å². The van der Waals surface area contributed by atoms with Crippen LogP contribution < -0.4 is 10.9 Å². The van der Waals surface area contributed by atoms with Gasteiger partial charge in [-0.15, -0.1) is 11.3 Å². The van der Waals surface area contributed by atoms with E-state index >= 15 is 0 Å². The third-order valence-corrected chi connectivity index (χ3v) is 6.76. The Morgan fingerprint density at radius 3 is 2.33 bits per heavy atom. The van der Waals surface area contributed by atoms with Gasteiger partial charge in [0.25, 0.3) is 5.91 Å². The quantitative estimate of drug-likeness (QED) is 0.592. The average molecular weight is 391 g/mol. The fourth-order valence-corrected chi connectivity index (χ4v) is 4.91. The molecule has 2 atom stereocenters. The van der Waals surface area contributed by atoms with Gasteiger partial charge < -0.3 is 0 Å². The van der Waals surface area contributed by atoms with E-state index in [-0.39, 0.29) is 42.5 Å². The molecule has 1 saturated heterocycles. The van der Waals surface area contributed by atoms with Gasteiger partial charge in [-0.25, -0.2) is 0 Å². The summed E-state index contributed by atoms with van der Waals surface area (Å²) < 4.78 is 0. The number of hydrogen-bond donors (Lipinski definition) is 2. The highest BCUT2D eigenvalue weighted by molar-refractivity contribution is 7.14. The first-order valence-corrected chi connectivity index (χ1v) is 10.3. The minimum Gasteiger partial charge on any atom is -0.282 e. The molecule has 4 amide bonds. The number of nitrogens with one attached hydrogen (secondary N) is 2. The van der Waals surface area contributed by atoms with Crippen molar-refractivity contribution in [1.82, 2.24) is 15.8 Å². The summed E-state index contributed by atoms with van der Waals surface area (Å²) in [6.07, 6.45) is 4.30. The predicted octanol–water partition coefficient (Wildman–Crippen LogP) is 1.95. The van der Waals surface area contributed by atoms with E-state index in [1.54, 1.807) is 6.07 Å². The number of aryl methyl sites for hydroxylation is 2. The molecule has 1 aliphatic carbocycles. The molecule has 2 heterocycles. The standard InChI is InChI=1S/C19H25N3O4S/c1-3-14-11(2)10-15(27-14)17(24)21-20-16(23)8-9-22-18(25)12-6-4-5-7-13(12)19(22)26/h10,12-13H,3-9H2,1-2H3,(H,20,23)(H,21,24)/t12-,13-/m1/s1. The normalized spacial score (nSPS) is 21.9. The van der Waals surface area contributed by atoms with Crippen LogP contribution in [0.4, 0.5) is 0 Å². The number of likely N-dealkylation sites (tertiary alicyclic amines) is 1. The summed E-state index contributed by atoms with van der Waals surface area (Å²) in [7, 11) is 0. The van der Waals surface area contributed by atoms with Crippen molar-refractivity contribution in [3.63, 3.8) is 0 Å². The maximum Gasteiger partial charge on any atom is 0.279 e. The Kier molecular flexibility index (Phi) is 5.94. The third-order valence-electron chi connectivity index (χ3n) is 5.38. The van der Waals surface area contributed by atoms with Crippen LogP contribution >= 0.6 is 11.3 Å². The fraction of sp³-hybridized carbons (Fsp3) is 0.579. The van der Waals surface area contributed by atoms with Crippen molar-refractivity contribution in [2.45, 2.75) is 52.4 Å².